The van der Waals surface area contributed by atoms with Crippen LogP contribution in [0.2, 0.25) is 0 Å². The number of sulfonamides is 1. The molecule has 1 fully saturated rings. The lowest BCUT2D eigenvalue weighted by molar-refractivity contribution is 0.425. The van der Waals surface area contributed by atoms with Gasteiger partial charge in [0.2, 0.25) is 10.0 Å². The molecule has 0 aliphatic carbocycles. The lowest BCUT2D eigenvalue weighted by Crippen LogP contribution is -2.43. The van der Waals surface area contributed by atoms with Crippen LogP contribution in [0, 0.1) is 0 Å². The molecule has 2 heterocycles. The number of fused-ring (bicyclic) bond motifs is 1. The number of para-hydroxylation sites is 1. The third-order valence-corrected chi connectivity index (χ3v) is 4.81. The van der Waals surface area contributed by atoms with Gasteiger partial charge in [-0.3, -0.25) is 0 Å². The van der Waals surface area contributed by atoms with Gasteiger partial charge in [-0.1, -0.05) is 17.3 Å². The summed E-state index contributed by atoms with van der Waals surface area (Å²) in [5, 5.41) is 7.83. The average molecular weight is 295 g/mol. The average Bonchev–Trinajstić information content (AvgIpc) is 2.82. The molecule has 0 spiro atoms. The number of rotatable bonds is 4. The maximum absolute atomic E-state index is 12.2. The molecule has 108 valence electrons. The van der Waals surface area contributed by atoms with Crippen molar-refractivity contribution in [2.75, 3.05) is 13.1 Å². The predicted molar refractivity (Wildman–Crippen MR) is 75.7 cm³/mol. The molecule has 1 aliphatic rings. The Morgan fingerprint density at radius 2 is 2.05 bits per heavy atom. The normalized spacial score (nSPS) is 17.6. The first-order valence-electron chi connectivity index (χ1n) is 6.68. The maximum atomic E-state index is 12.2. The van der Waals surface area contributed by atoms with Gasteiger partial charge >= 0.3 is 0 Å². The molecule has 0 saturated carbocycles. The standard InChI is InChI=1S/C13H17N3O3S/c17-20(18,16-10-5-7-14-8-6-10)9-12-11-3-1-2-4-13(11)19-15-12/h1-4,10,14,16H,5-9H2. The van der Waals surface area contributed by atoms with Crippen molar-refractivity contribution in [3.05, 3.63) is 30.0 Å². The van der Waals surface area contributed by atoms with Crippen LogP contribution in [0.25, 0.3) is 11.0 Å². The van der Waals surface area contributed by atoms with Crippen molar-refractivity contribution >= 4 is 21.0 Å². The van der Waals surface area contributed by atoms with E-state index in [0.29, 0.717) is 11.3 Å². The summed E-state index contributed by atoms with van der Waals surface area (Å²) in [7, 11) is -3.40. The van der Waals surface area contributed by atoms with Crippen LogP contribution in [0.1, 0.15) is 18.5 Å². The summed E-state index contributed by atoms with van der Waals surface area (Å²) in [6, 6.07) is 7.29. The number of benzene rings is 1. The number of hydrogen-bond acceptors (Lipinski definition) is 5. The molecule has 1 aliphatic heterocycles. The molecule has 1 aromatic carbocycles. The molecule has 0 amide bonds. The number of nitrogens with one attached hydrogen (secondary N) is 2. The zero-order valence-electron chi connectivity index (χ0n) is 11.0. The molecule has 20 heavy (non-hydrogen) atoms. The lowest BCUT2D eigenvalue weighted by atomic mass is 10.1. The van der Waals surface area contributed by atoms with E-state index in [2.05, 4.69) is 15.2 Å². The van der Waals surface area contributed by atoms with E-state index in [1.807, 2.05) is 18.2 Å². The zero-order valence-corrected chi connectivity index (χ0v) is 11.8. The van der Waals surface area contributed by atoms with Gasteiger partial charge in [0.05, 0.1) is 0 Å². The van der Waals surface area contributed by atoms with Gasteiger partial charge in [-0.2, -0.15) is 0 Å². The highest BCUT2D eigenvalue weighted by molar-refractivity contribution is 7.88. The minimum atomic E-state index is -3.40. The molecular formula is C13H17N3O3S. The van der Waals surface area contributed by atoms with Gasteiger partial charge in [0.1, 0.15) is 11.4 Å². The highest BCUT2D eigenvalue weighted by atomic mass is 32.2. The topological polar surface area (TPSA) is 84.2 Å². The Morgan fingerprint density at radius 1 is 1.30 bits per heavy atom. The molecule has 0 bridgehead atoms. The zero-order chi connectivity index (χ0) is 14.0. The number of nitrogens with zero attached hydrogens (tertiary/aromatic N) is 1. The molecule has 1 aromatic heterocycles. The van der Waals surface area contributed by atoms with Crippen molar-refractivity contribution < 1.29 is 12.9 Å². The fourth-order valence-electron chi connectivity index (χ4n) is 2.46. The molecule has 2 aromatic rings. The summed E-state index contributed by atoms with van der Waals surface area (Å²) < 4.78 is 32.3. The first-order valence-corrected chi connectivity index (χ1v) is 8.33. The van der Waals surface area contributed by atoms with Crippen molar-refractivity contribution in [3.8, 4) is 0 Å². The molecule has 7 heteroatoms. The van der Waals surface area contributed by atoms with Crippen LogP contribution < -0.4 is 10.0 Å². The first-order chi connectivity index (χ1) is 9.64. The molecule has 0 radical (unpaired) electrons. The van der Waals surface area contributed by atoms with Crippen molar-refractivity contribution in [2.24, 2.45) is 0 Å². The van der Waals surface area contributed by atoms with Gasteiger partial charge in [0.25, 0.3) is 0 Å². The minimum absolute atomic E-state index is 0.0133. The Bertz CT molecular complexity index is 690. The summed E-state index contributed by atoms with van der Waals surface area (Å²) in [6.07, 6.45) is 1.64. The molecule has 6 nitrogen and oxygen atoms in total. The second-order valence-corrected chi connectivity index (χ2v) is 6.78. The Labute approximate surface area is 117 Å². The van der Waals surface area contributed by atoms with Crippen LogP contribution in [0.4, 0.5) is 0 Å². The van der Waals surface area contributed by atoms with E-state index in [0.717, 1.165) is 31.3 Å². The van der Waals surface area contributed by atoms with Gasteiger partial charge in [0.15, 0.2) is 5.58 Å². The maximum Gasteiger partial charge on any atom is 0.217 e. The Kier molecular flexibility index (Phi) is 3.73. The van der Waals surface area contributed by atoms with Gasteiger partial charge in [-0.15, -0.1) is 0 Å². The van der Waals surface area contributed by atoms with E-state index >= 15 is 0 Å². The number of aromatic nitrogens is 1. The molecule has 3 rings (SSSR count). The van der Waals surface area contributed by atoms with Crippen LogP contribution in [0.5, 0.6) is 0 Å². The van der Waals surface area contributed by atoms with Crippen molar-refractivity contribution in [3.63, 3.8) is 0 Å². The van der Waals surface area contributed by atoms with Crippen molar-refractivity contribution in [2.45, 2.75) is 24.6 Å². The summed E-state index contributed by atoms with van der Waals surface area (Å²) in [4.78, 5) is 0. The van der Waals surface area contributed by atoms with Gasteiger partial charge in [0, 0.05) is 11.4 Å². The second kappa shape index (κ2) is 5.51. The van der Waals surface area contributed by atoms with E-state index in [1.165, 1.54) is 0 Å². The van der Waals surface area contributed by atoms with E-state index in [1.54, 1.807) is 6.07 Å². The van der Waals surface area contributed by atoms with E-state index in [9.17, 15) is 8.42 Å². The molecule has 1 saturated heterocycles. The highest BCUT2D eigenvalue weighted by Crippen LogP contribution is 2.19. The number of piperidine rings is 1. The highest BCUT2D eigenvalue weighted by Gasteiger charge is 2.22. The summed E-state index contributed by atoms with van der Waals surface area (Å²) in [5.74, 6) is -0.145. The van der Waals surface area contributed by atoms with Crippen LogP contribution in [0.3, 0.4) is 0 Å². The Balaban J connectivity index is 1.75. The van der Waals surface area contributed by atoms with Gasteiger partial charge < -0.3 is 9.84 Å². The largest absolute Gasteiger partial charge is 0.356 e. The quantitative estimate of drug-likeness (QED) is 0.879. The molecular weight excluding hydrogens is 278 g/mol. The fraction of sp³-hybridized carbons (Fsp3) is 0.462. The van der Waals surface area contributed by atoms with Crippen LogP contribution in [-0.4, -0.2) is 32.7 Å². The fourth-order valence-corrected chi connectivity index (χ4v) is 3.85. The molecule has 0 unspecified atom stereocenters. The minimum Gasteiger partial charge on any atom is -0.356 e. The smallest absolute Gasteiger partial charge is 0.217 e. The lowest BCUT2D eigenvalue weighted by Gasteiger charge is -2.23. The van der Waals surface area contributed by atoms with E-state index in [4.69, 9.17) is 4.52 Å². The van der Waals surface area contributed by atoms with E-state index in [-0.39, 0.29) is 11.8 Å². The third kappa shape index (κ3) is 3.00. The SMILES string of the molecule is O=S(=O)(Cc1noc2ccccc12)NC1CCNCC1. The molecule has 2 N–H and O–H groups in total. The summed E-state index contributed by atoms with van der Waals surface area (Å²) >= 11 is 0. The van der Waals surface area contributed by atoms with E-state index < -0.39 is 10.0 Å². The predicted octanol–water partition coefficient (Wildman–Crippen LogP) is 0.999. The summed E-state index contributed by atoms with van der Waals surface area (Å²) in [6.45, 7) is 1.69. The molecule has 0 atom stereocenters. The third-order valence-electron chi connectivity index (χ3n) is 3.46. The monoisotopic (exact) mass is 295 g/mol. The first kappa shape index (κ1) is 13.5. The second-order valence-electron chi connectivity index (χ2n) is 5.03. The Hall–Kier alpha value is -1.44. The van der Waals surface area contributed by atoms with Gasteiger partial charge in [-0.05, 0) is 38.1 Å². The van der Waals surface area contributed by atoms with Crippen molar-refractivity contribution in [1.82, 2.24) is 15.2 Å². The van der Waals surface area contributed by atoms with Crippen molar-refractivity contribution in [1.29, 1.82) is 0 Å². The Morgan fingerprint density at radius 3 is 2.85 bits per heavy atom. The van der Waals surface area contributed by atoms with Crippen LogP contribution in [-0.2, 0) is 15.8 Å². The summed E-state index contributed by atoms with van der Waals surface area (Å²) in [5.41, 5.74) is 1.07. The number of hydrogen-bond donors (Lipinski definition) is 2. The van der Waals surface area contributed by atoms with Gasteiger partial charge in [-0.25, -0.2) is 13.1 Å². The van der Waals surface area contributed by atoms with Crippen LogP contribution in [0.15, 0.2) is 28.8 Å². The van der Waals surface area contributed by atoms with Crippen LogP contribution >= 0.6 is 0 Å².